The van der Waals surface area contributed by atoms with Crippen molar-refractivity contribution in [3.05, 3.63) is 107 Å². The van der Waals surface area contributed by atoms with Gasteiger partial charge in [-0.25, -0.2) is 4.39 Å². The standard InChI is InChI=1S/C23H23FN2O/c1-26(16-20-14-8-9-15-21(20)24)17-22(27)25-23(18-10-4-2-5-11-18)19-12-6-3-7-13-19/h2-15,23H,16-17H2,1H3,(H,25,27)/p+1. The average molecular weight is 363 g/mol. The predicted molar refractivity (Wildman–Crippen MR) is 105 cm³/mol. The van der Waals surface area contributed by atoms with Crippen LogP contribution in [-0.2, 0) is 11.3 Å². The molecule has 0 saturated carbocycles. The third kappa shape index (κ3) is 5.25. The van der Waals surface area contributed by atoms with Crippen molar-refractivity contribution in [2.24, 2.45) is 0 Å². The Hall–Kier alpha value is -2.98. The molecular formula is C23H24FN2O+. The molecule has 0 aliphatic heterocycles. The molecule has 0 heterocycles. The van der Waals surface area contributed by atoms with E-state index in [4.69, 9.17) is 0 Å². The molecule has 0 spiro atoms. The van der Waals surface area contributed by atoms with E-state index in [1.165, 1.54) is 6.07 Å². The number of likely N-dealkylation sites (N-methyl/N-ethyl adjacent to an activating group) is 1. The Morgan fingerprint density at radius 1 is 0.889 bits per heavy atom. The summed E-state index contributed by atoms with van der Waals surface area (Å²) in [7, 11) is 1.89. The van der Waals surface area contributed by atoms with Crippen LogP contribution in [0.25, 0.3) is 0 Å². The zero-order valence-electron chi connectivity index (χ0n) is 15.4. The molecule has 3 aromatic rings. The molecule has 3 rings (SSSR count). The third-order valence-corrected chi connectivity index (χ3v) is 4.48. The van der Waals surface area contributed by atoms with Crippen molar-refractivity contribution in [2.45, 2.75) is 12.6 Å². The summed E-state index contributed by atoms with van der Waals surface area (Å²) in [5, 5.41) is 3.13. The molecule has 138 valence electrons. The average Bonchev–Trinajstić information content (AvgIpc) is 2.69. The normalized spacial score (nSPS) is 12.0. The molecule has 3 nitrogen and oxygen atoms in total. The van der Waals surface area contributed by atoms with E-state index in [1.807, 2.05) is 73.8 Å². The van der Waals surface area contributed by atoms with Gasteiger partial charge in [0.2, 0.25) is 0 Å². The number of carbonyl (C=O) groups is 1. The lowest BCUT2D eigenvalue weighted by atomic mass is 9.99. The van der Waals surface area contributed by atoms with Gasteiger partial charge >= 0.3 is 0 Å². The van der Waals surface area contributed by atoms with Gasteiger partial charge in [-0.3, -0.25) is 4.79 Å². The predicted octanol–water partition coefficient (Wildman–Crippen LogP) is 2.75. The fourth-order valence-corrected chi connectivity index (χ4v) is 3.17. The van der Waals surface area contributed by atoms with Gasteiger partial charge in [0, 0.05) is 5.56 Å². The maximum atomic E-state index is 13.8. The first-order valence-electron chi connectivity index (χ1n) is 9.07. The summed E-state index contributed by atoms with van der Waals surface area (Å²) < 4.78 is 13.8. The first-order valence-corrected chi connectivity index (χ1v) is 9.07. The lowest BCUT2D eigenvalue weighted by molar-refractivity contribution is -0.885. The van der Waals surface area contributed by atoms with Crippen LogP contribution < -0.4 is 10.2 Å². The number of quaternary nitrogens is 1. The molecule has 0 fully saturated rings. The third-order valence-electron chi connectivity index (χ3n) is 4.48. The Bertz CT molecular complexity index is 828. The quantitative estimate of drug-likeness (QED) is 0.665. The number of nitrogens with one attached hydrogen (secondary N) is 2. The number of hydrogen-bond acceptors (Lipinski definition) is 1. The minimum Gasteiger partial charge on any atom is -0.340 e. The first-order chi connectivity index (χ1) is 13.1. The topological polar surface area (TPSA) is 33.5 Å². The van der Waals surface area contributed by atoms with Gasteiger partial charge in [0.15, 0.2) is 6.54 Å². The summed E-state index contributed by atoms with van der Waals surface area (Å²) in [6, 6.07) is 26.3. The minimum atomic E-state index is -0.233. The van der Waals surface area contributed by atoms with Crippen LogP contribution in [0.4, 0.5) is 4.39 Å². The number of rotatable bonds is 7. The molecule has 0 aromatic heterocycles. The van der Waals surface area contributed by atoms with Crippen molar-refractivity contribution in [3.8, 4) is 0 Å². The van der Waals surface area contributed by atoms with E-state index in [1.54, 1.807) is 12.1 Å². The Morgan fingerprint density at radius 3 is 1.96 bits per heavy atom. The molecule has 0 radical (unpaired) electrons. The second-order valence-electron chi connectivity index (χ2n) is 6.72. The van der Waals surface area contributed by atoms with E-state index >= 15 is 0 Å². The van der Waals surface area contributed by atoms with Crippen molar-refractivity contribution < 1.29 is 14.1 Å². The molecule has 0 aliphatic rings. The van der Waals surface area contributed by atoms with Crippen molar-refractivity contribution in [2.75, 3.05) is 13.6 Å². The van der Waals surface area contributed by atoms with E-state index in [0.29, 0.717) is 12.1 Å². The molecule has 4 heteroatoms. The second-order valence-corrected chi connectivity index (χ2v) is 6.72. The summed E-state index contributed by atoms with van der Waals surface area (Å²) >= 11 is 0. The molecule has 0 aliphatic carbocycles. The first kappa shape index (κ1) is 18.8. The molecule has 0 saturated heterocycles. The Balaban J connectivity index is 1.69. The van der Waals surface area contributed by atoms with E-state index in [-0.39, 0.29) is 24.3 Å². The lowest BCUT2D eigenvalue weighted by Crippen LogP contribution is -3.09. The van der Waals surface area contributed by atoms with Crippen molar-refractivity contribution in [3.63, 3.8) is 0 Å². The van der Waals surface area contributed by atoms with Gasteiger partial charge in [0.25, 0.3) is 5.91 Å². The summed E-state index contributed by atoms with van der Waals surface area (Å²) in [5.74, 6) is -0.301. The molecule has 1 unspecified atom stereocenters. The zero-order valence-corrected chi connectivity index (χ0v) is 15.4. The minimum absolute atomic E-state index is 0.0680. The highest BCUT2D eigenvalue weighted by Crippen LogP contribution is 2.21. The van der Waals surface area contributed by atoms with Crippen molar-refractivity contribution in [1.29, 1.82) is 0 Å². The summed E-state index contributed by atoms with van der Waals surface area (Å²) in [4.78, 5) is 13.6. The van der Waals surface area contributed by atoms with Crippen LogP contribution in [0.3, 0.4) is 0 Å². The van der Waals surface area contributed by atoms with Gasteiger partial charge in [0.05, 0.1) is 13.1 Å². The summed E-state index contributed by atoms with van der Waals surface area (Å²) in [5.41, 5.74) is 2.68. The van der Waals surface area contributed by atoms with Crippen LogP contribution >= 0.6 is 0 Å². The largest absolute Gasteiger partial charge is 0.340 e. The molecule has 1 amide bonds. The highest BCUT2D eigenvalue weighted by molar-refractivity contribution is 5.77. The van der Waals surface area contributed by atoms with E-state index < -0.39 is 0 Å². The van der Waals surface area contributed by atoms with Crippen molar-refractivity contribution >= 4 is 5.91 Å². The summed E-state index contributed by atoms with van der Waals surface area (Å²) in [6.45, 7) is 0.728. The van der Waals surface area contributed by atoms with Crippen LogP contribution in [0.1, 0.15) is 22.7 Å². The fourth-order valence-electron chi connectivity index (χ4n) is 3.17. The molecular weight excluding hydrogens is 339 g/mol. The Kier molecular flexibility index (Phi) is 6.34. The zero-order chi connectivity index (χ0) is 19.1. The maximum absolute atomic E-state index is 13.8. The second kappa shape index (κ2) is 9.10. The van der Waals surface area contributed by atoms with Gasteiger partial charge in [-0.1, -0.05) is 78.9 Å². The van der Waals surface area contributed by atoms with Crippen LogP contribution in [0.5, 0.6) is 0 Å². The molecule has 27 heavy (non-hydrogen) atoms. The number of carbonyl (C=O) groups excluding carboxylic acids is 1. The van der Waals surface area contributed by atoms with Crippen molar-refractivity contribution in [1.82, 2.24) is 5.32 Å². The molecule has 3 aromatic carbocycles. The maximum Gasteiger partial charge on any atom is 0.275 e. The SMILES string of the molecule is C[NH+](CC(=O)NC(c1ccccc1)c1ccccc1)Cc1ccccc1F. The monoisotopic (exact) mass is 363 g/mol. The van der Waals surface area contributed by atoms with Gasteiger partial charge in [-0.05, 0) is 17.2 Å². The lowest BCUT2D eigenvalue weighted by Gasteiger charge is -2.21. The number of amides is 1. The Labute approximate surface area is 159 Å². The highest BCUT2D eigenvalue weighted by Gasteiger charge is 2.19. The van der Waals surface area contributed by atoms with Gasteiger partial charge in [0.1, 0.15) is 12.4 Å². The van der Waals surface area contributed by atoms with E-state index in [9.17, 15) is 9.18 Å². The number of halogens is 1. The molecule has 1 atom stereocenters. The van der Waals surface area contributed by atoms with E-state index in [0.717, 1.165) is 16.0 Å². The van der Waals surface area contributed by atoms with Crippen LogP contribution in [0.2, 0.25) is 0 Å². The molecule has 2 N–H and O–H groups in total. The fraction of sp³-hybridized carbons (Fsp3) is 0.174. The van der Waals surface area contributed by atoms with Crippen LogP contribution in [0, 0.1) is 5.82 Å². The summed E-state index contributed by atoms with van der Waals surface area (Å²) in [6.07, 6.45) is 0. The Morgan fingerprint density at radius 2 is 1.41 bits per heavy atom. The number of benzene rings is 3. The van der Waals surface area contributed by atoms with E-state index in [2.05, 4.69) is 5.32 Å². The molecule has 0 bridgehead atoms. The van der Waals surface area contributed by atoms with Gasteiger partial charge < -0.3 is 10.2 Å². The smallest absolute Gasteiger partial charge is 0.275 e. The van der Waals surface area contributed by atoms with Gasteiger partial charge in [-0.2, -0.15) is 0 Å². The number of hydrogen-bond donors (Lipinski definition) is 2. The van der Waals surface area contributed by atoms with Gasteiger partial charge in [-0.15, -0.1) is 0 Å². The van der Waals surface area contributed by atoms with Crippen LogP contribution in [0.15, 0.2) is 84.9 Å². The van der Waals surface area contributed by atoms with Crippen LogP contribution in [-0.4, -0.2) is 19.5 Å². The highest BCUT2D eigenvalue weighted by atomic mass is 19.1.